The zero-order valence-corrected chi connectivity index (χ0v) is 17.5. The van der Waals surface area contributed by atoms with Crippen LogP contribution in [0.3, 0.4) is 0 Å². The Labute approximate surface area is 177 Å². The van der Waals surface area contributed by atoms with E-state index < -0.39 is 6.04 Å². The van der Waals surface area contributed by atoms with Crippen LogP contribution in [-0.4, -0.2) is 48.9 Å². The van der Waals surface area contributed by atoms with Gasteiger partial charge in [0.05, 0.1) is 6.54 Å². The van der Waals surface area contributed by atoms with E-state index in [1.807, 2.05) is 43.0 Å². The second-order valence-electron chi connectivity index (χ2n) is 7.40. The zero-order chi connectivity index (χ0) is 21.5. The summed E-state index contributed by atoms with van der Waals surface area (Å²) in [5.74, 6) is -0.506. The minimum Gasteiger partial charge on any atom is -0.374 e. The van der Waals surface area contributed by atoms with Gasteiger partial charge in [-0.2, -0.15) is 0 Å². The molecular formula is C23H29FN4O2. The fourth-order valence-corrected chi connectivity index (χ4v) is 3.65. The Balaban J connectivity index is 1.65. The SMILES string of the molecule is CCN(CC)CC(=O)Nc1cccc(NC2CCCN(c3cccc(F)c3)C2=O)c1. The topological polar surface area (TPSA) is 64.7 Å². The molecule has 0 spiro atoms. The highest BCUT2D eigenvalue weighted by Gasteiger charge is 2.29. The van der Waals surface area contributed by atoms with Crippen molar-refractivity contribution in [3.8, 4) is 0 Å². The van der Waals surface area contributed by atoms with E-state index in [-0.39, 0.29) is 17.6 Å². The van der Waals surface area contributed by atoms with Crippen molar-refractivity contribution in [3.63, 3.8) is 0 Å². The number of hydrogen-bond donors (Lipinski definition) is 2. The second kappa shape index (κ2) is 10.2. The number of nitrogens with one attached hydrogen (secondary N) is 2. The number of hydrogen-bond acceptors (Lipinski definition) is 4. The average Bonchev–Trinajstić information content (AvgIpc) is 2.74. The number of piperidine rings is 1. The van der Waals surface area contributed by atoms with Crippen LogP contribution in [0.15, 0.2) is 48.5 Å². The molecule has 0 bridgehead atoms. The normalized spacial score (nSPS) is 16.6. The number of amides is 2. The number of benzene rings is 2. The Kier molecular flexibility index (Phi) is 7.41. The number of rotatable bonds is 8. The first-order valence-corrected chi connectivity index (χ1v) is 10.5. The van der Waals surface area contributed by atoms with Crippen molar-refractivity contribution < 1.29 is 14.0 Å². The van der Waals surface area contributed by atoms with Crippen LogP contribution in [0.2, 0.25) is 0 Å². The van der Waals surface area contributed by atoms with Crippen molar-refractivity contribution in [2.75, 3.05) is 41.7 Å². The Morgan fingerprint density at radius 3 is 2.60 bits per heavy atom. The molecule has 2 aromatic carbocycles. The van der Waals surface area contributed by atoms with Gasteiger partial charge < -0.3 is 15.5 Å². The fraction of sp³-hybridized carbons (Fsp3) is 0.391. The summed E-state index contributed by atoms with van der Waals surface area (Å²) < 4.78 is 13.6. The maximum Gasteiger partial charge on any atom is 0.249 e. The summed E-state index contributed by atoms with van der Waals surface area (Å²) >= 11 is 0. The molecule has 30 heavy (non-hydrogen) atoms. The molecule has 1 aliphatic heterocycles. The lowest BCUT2D eigenvalue weighted by atomic mass is 10.0. The summed E-state index contributed by atoms with van der Waals surface area (Å²) in [5, 5.41) is 6.19. The van der Waals surface area contributed by atoms with Gasteiger partial charge in [0.25, 0.3) is 0 Å². The third-order valence-corrected chi connectivity index (χ3v) is 5.31. The van der Waals surface area contributed by atoms with E-state index in [4.69, 9.17) is 0 Å². The zero-order valence-electron chi connectivity index (χ0n) is 17.5. The fourth-order valence-electron chi connectivity index (χ4n) is 3.65. The van der Waals surface area contributed by atoms with Crippen LogP contribution in [0.5, 0.6) is 0 Å². The molecule has 1 atom stereocenters. The molecule has 1 fully saturated rings. The van der Waals surface area contributed by atoms with Gasteiger partial charge in [-0.1, -0.05) is 26.0 Å². The number of halogens is 1. The van der Waals surface area contributed by atoms with Gasteiger partial charge in [0.2, 0.25) is 11.8 Å². The van der Waals surface area contributed by atoms with E-state index >= 15 is 0 Å². The quantitative estimate of drug-likeness (QED) is 0.694. The summed E-state index contributed by atoms with van der Waals surface area (Å²) in [4.78, 5) is 28.9. The molecule has 1 saturated heterocycles. The highest BCUT2D eigenvalue weighted by molar-refractivity contribution is 5.99. The lowest BCUT2D eigenvalue weighted by molar-refractivity contribution is -0.120. The number of carbonyl (C=O) groups is 2. The third-order valence-electron chi connectivity index (χ3n) is 5.31. The van der Waals surface area contributed by atoms with Crippen molar-refractivity contribution in [1.29, 1.82) is 0 Å². The molecule has 3 rings (SSSR count). The molecule has 6 nitrogen and oxygen atoms in total. The summed E-state index contributed by atoms with van der Waals surface area (Å²) in [6, 6.07) is 13.1. The molecule has 1 aliphatic rings. The molecule has 0 aromatic heterocycles. The molecule has 2 aromatic rings. The molecule has 1 heterocycles. The number of nitrogens with zero attached hydrogens (tertiary/aromatic N) is 2. The molecule has 2 N–H and O–H groups in total. The standard InChI is InChI=1S/C23H29FN4O2/c1-3-27(4-2)16-22(29)26-19-10-6-9-18(15-19)25-21-12-7-13-28(23(21)30)20-11-5-8-17(24)14-20/h5-6,8-11,14-15,21,25H,3-4,7,12-13,16H2,1-2H3,(H,26,29). The average molecular weight is 413 g/mol. The summed E-state index contributed by atoms with van der Waals surface area (Å²) in [7, 11) is 0. The lowest BCUT2D eigenvalue weighted by Crippen LogP contribution is -2.47. The largest absolute Gasteiger partial charge is 0.374 e. The van der Waals surface area contributed by atoms with Crippen LogP contribution in [0.25, 0.3) is 0 Å². The lowest BCUT2D eigenvalue weighted by Gasteiger charge is -2.33. The summed E-state index contributed by atoms with van der Waals surface area (Å²) in [6.45, 7) is 6.59. The van der Waals surface area contributed by atoms with Crippen LogP contribution < -0.4 is 15.5 Å². The van der Waals surface area contributed by atoms with Gasteiger partial charge in [-0.3, -0.25) is 14.5 Å². The highest BCUT2D eigenvalue weighted by atomic mass is 19.1. The monoisotopic (exact) mass is 412 g/mol. The van der Waals surface area contributed by atoms with Crippen LogP contribution in [0.1, 0.15) is 26.7 Å². The molecule has 2 amide bonds. The van der Waals surface area contributed by atoms with Crippen molar-refractivity contribution in [2.24, 2.45) is 0 Å². The molecule has 0 aliphatic carbocycles. The first-order chi connectivity index (χ1) is 14.5. The highest BCUT2D eigenvalue weighted by Crippen LogP contribution is 2.25. The van der Waals surface area contributed by atoms with Gasteiger partial charge in [0.1, 0.15) is 11.9 Å². The maximum absolute atomic E-state index is 13.6. The molecule has 7 heteroatoms. The van der Waals surface area contributed by atoms with E-state index in [1.165, 1.54) is 12.1 Å². The van der Waals surface area contributed by atoms with Crippen molar-refractivity contribution in [2.45, 2.75) is 32.7 Å². The van der Waals surface area contributed by atoms with Gasteiger partial charge in [-0.15, -0.1) is 0 Å². The number of likely N-dealkylation sites (N-methyl/N-ethyl adjacent to an activating group) is 1. The first kappa shape index (κ1) is 21.8. The molecule has 0 radical (unpaired) electrons. The Morgan fingerprint density at radius 1 is 1.13 bits per heavy atom. The van der Waals surface area contributed by atoms with Crippen LogP contribution in [0.4, 0.5) is 21.5 Å². The van der Waals surface area contributed by atoms with Gasteiger partial charge in [0.15, 0.2) is 0 Å². The number of carbonyl (C=O) groups excluding carboxylic acids is 2. The smallest absolute Gasteiger partial charge is 0.249 e. The Bertz CT molecular complexity index is 885. The van der Waals surface area contributed by atoms with E-state index in [9.17, 15) is 14.0 Å². The summed E-state index contributed by atoms with van der Waals surface area (Å²) in [5.41, 5.74) is 2.02. The van der Waals surface area contributed by atoms with Crippen LogP contribution >= 0.6 is 0 Å². The van der Waals surface area contributed by atoms with E-state index in [0.29, 0.717) is 30.9 Å². The van der Waals surface area contributed by atoms with Crippen LogP contribution in [0, 0.1) is 5.82 Å². The van der Waals surface area contributed by atoms with E-state index in [1.54, 1.807) is 17.0 Å². The summed E-state index contributed by atoms with van der Waals surface area (Å²) in [6.07, 6.45) is 1.52. The van der Waals surface area contributed by atoms with Crippen molar-refractivity contribution in [1.82, 2.24) is 4.90 Å². The molecule has 0 saturated carbocycles. The maximum atomic E-state index is 13.6. The van der Waals surface area contributed by atoms with E-state index in [2.05, 4.69) is 10.6 Å². The molecular weight excluding hydrogens is 383 g/mol. The van der Waals surface area contributed by atoms with Crippen molar-refractivity contribution >= 4 is 28.9 Å². The van der Waals surface area contributed by atoms with Gasteiger partial charge >= 0.3 is 0 Å². The van der Waals surface area contributed by atoms with Crippen LogP contribution in [-0.2, 0) is 9.59 Å². The predicted molar refractivity (Wildman–Crippen MR) is 118 cm³/mol. The number of anilines is 3. The predicted octanol–water partition coefficient (Wildman–Crippen LogP) is 3.71. The Morgan fingerprint density at radius 2 is 1.87 bits per heavy atom. The van der Waals surface area contributed by atoms with Gasteiger partial charge in [-0.05, 0) is 62.3 Å². The van der Waals surface area contributed by atoms with Gasteiger partial charge in [-0.25, -0.2) is 4.39 Å². The minimum absolute atomic E-state index is 0.0677. The van der Waals surface area contributed by atoms with E-state index in [0.717, 1.165) is 25.2 Å². The second-order valence-corrected chi connectivity index (χ2v) is 7.40. The minimum atomic E-state index is -0.399. The molecule has 160 valence electrons. The first-order valence-electron chi connectivity index (χ1n) is 10.5. The van der Waals surface area contributed by atoms with Gasteiger partial charge in [0, 0.05) is 23.6 Å². The van der Waals surface area contributed by atoms with Crippen molar-refractivity contribution in [3.05, 3.63) is 54.3 Å². The molecule has 1 unspecified atom stereocenters. The third kappa shape index (κ3) is 5.57. The Hall–Kier alpha value is -2.93.